The van der Waals surface area contributed by atoms with Crippen LogP contribution in [-0.4, -0.2) is 37.1 Å². The van der Waals surface area contributed by atoms with E-state index < -0.39 is 11.5 Å². The number of likely N-dealkylation sites (N-methyl/N-ethyl adjacent to an activating group) is 1. The number of carbonyl (C=O) groups excluding carboxylic acids is 1. The summed E-state index contributed by atoms with van der Waals surface area (Å²) in [5.74, 6) is -0.675. The Bertz CT molecular complexity index is 555. The number of unbranched alkanes of at least 4 members (excludes halogenated alkanes) is 24. The highest BCUT2D eigenvalue weighted by atomic mass is 16.4. The van der Waals surface area contributed by atoms with Gasteiger partial charge in [-0.05, 0) is 19.8 Å². The van der Waals surface area contributed by atoms with Crippen LogP contribution in [0.1, 0.15) is 201 Å². The van der Waals surface area contributed by atoms with Gasteiger partial charge in [0, 0.05) is 5.92 Å². The Kier molecular flexibility index (Phi) is 25.7. The van der Waals surface area contributed by atoms with Gasteiger partial charge in [-0.25, -0.2) is 0 Å². The molecule has 2 atom stereocenters. The van der Waals surface area contributed by atoms with E-state index in [0.29, 0.717) is 4.48 Å². The fourth-order valence-corrected chi connectivity index (χ4v) is 6.51. The van der Waals surface area contributed by atoms with Gasteiger partial charge in [-0.1, -0.05) is 181 Å². The molecule has 3 nitrogen and oxygen atoms in total. The maximum Gasteiger partial charge on any atom is 0.139 e. The Labute approximate surface area is 253 Å². The van der Waals surface area contributed by atoms with Crippen LogP contribution in [0.4, 0.5) is 0 Å². The zero-order chi connectivity index (χ0) is 30.0. The summed E-state index contributed by atoms with van der Waals surface area (Å²) in [5, 5.41) is 12.4. The van der Waals surface area contributed by atoms with Crippen molar-refractivity contribution in [2.75, 3.05) is 21.1 Å². The van der Waals surface area contributed by atoms with Crippen molar-refractivity contribution in [1.29, 1.82) is 0 Å². The summed E-state index contributed by atoms with van der Waals surface area (Å²) < 4.78 is 0.441. The molecule has 0 heterocycles. The number of aliphatic carboxylic acids is 1. The lowest BCUT2D eigenvalue weighted by atomic mass is 9.76. The zero-order valence-corrected chi connectivity index (χ0v) is 28.6. The van der Waals surface area contributed by atoms with Crippen molar-refractivity contribution in [3.8, 4) is 0 Å². The summed E-state index contributed by atoms with van der Waals surface area (Å²) in [6.07, 6.45) is 37.3. The topological polar surface area (TPSA) is 40.1 Å². The molecule has 0 N–H and O–H groups in total. The van der Waals surface area contributed by atoms with Crippen LogP contribution in [-0.2, 0) is 4.79 Å². The van der Waals surface area contributed by atoms with Gasteiger partial charge in [0.15, 0.2) is 0 Å². The van der Waals surface area contributed by atoms with Crippen LogP contribution in [0.3, 0.4) is 0 Å². The van der Waals surface area contributed by atoms with Gasteiger partial charge >= 0.3 is 0 Å². The largest absolute Gasteiger partial charge is 0.544 e. The molecule has 0 spiro atoms. The van der Waals surface area contributed by atoms with E-state index in [2.05, 4.69) is 13.8 Å². The molecule has 0 saturated heterocycles. The molecule has 40 heavy (non-hydrogen) atoms. The molecular formula is C37H75NO2. The number of carboxylic acids is 1. The number of quaternary nitrogens is 1. The van der Waals surface area contributed by atoms with Crippen LogP contribution in [0.2, 0.25) is 0 Å². The lowest BCUT2D eigenvalue weighted by Gasteiger charge is -2.49. The highest BCUT2D eigenvalue weighted by Gasteiger charge is 2.46. The second-order valence-corrected chi connectivity index (χ2v) is 14.2. The van der Waals surface area contributed by atoms with Crippen molar-refractivity contribution < 1.29 is 14.4 Å². The van der Waals surface area contributed by atoms with Gasteiger partial charge in [0.05, 0.1) is 21.1 Å². The van der Waals surface area contributed by atoms with Gasteiger partial charge < -0.3 is 14.4 Å². The Morgan fingerprint density at radius 1 is 0.500 bits per heavy atom. The van der Waals surface area contributed by atoms with Gasteiger partial charge in [-0.3, -0.25) is 0 Å². The van der Waals surface area contributed by atoms with Gasteiger partial charge in [0.1, 0.15) is 11.5 Å². The van der Waals surface area contributed by atoms with E-state index in [1.54, 1.807) is 0 Å². The molecule has 2 unspecified atom stereocenters. The minimum Gasteiger partial charge on any atom is -0.544 e. The Morgan fingerprint density at radius 3 is 0.925 bits per heavy atom. The van der Waals surface area contributed by atoms with Crippen LogP contribution < -0.4 is 5.11 Å². The van der Waals surface area contributed by atoms with Crippen molar-refractivity contribution >= 4 is 5.97 Å². The fourth-order valence-electron chi connectivity index (χ4n) is 6.51. The van der Waals surface area contributed by atoms with Crippen LogP contribution in [0.5, 0.6) is 0 Å². The van der Waals surface area contributed by atoms with Gasteiger partial charge in [-0.2, -0.15) is 0 Å². The predicted octanol–water partition coefficient (Wildman–Crippen LogP) is 10.8. The SMILES string of the molecule is CCCCCCCCCCCCCCCCCCCC(CCCCCCCCCCC)C(C)(C(=O)[O-])[N+](C)(C)C. The average Bonchev–Trinajstić information content (AvgIpc) is 2.91. The summed E-state index contributed by atoms with van der Waals surface area (Å²) in [6, 6.07) is 0. The smallest absolute Gasteiger partial charge is 0.139 e. The quantitative estimate of drug-likeness (QED) is 0.0619. The number of nitrogens with zero attached hydrogens (tertiary/aromatic N) is 1. The molecule has 0 aliphatic carbocycles. The van der Waals surface area contributed by atoms with E-state index in [9.17, 15) is 9.90 Å². The molecule has 0 aliphatic heterocycles. The van der Waals surface area contributed by atoms with Gasteiger partial charge in [0.2, 0.25) is 0 Å². The summed E-state index contributed by atoms with van der Waals surface area (Å²) in [6.45, 7) is 6.52. The summed E-state index contributed by atoms with van der Waals surface area (Å²) in [5.41, 5.74) is -0.824. The molecule has 0 aliphatic rings. The van der Waals surface area contributed by atoms with Crippen molar-refractivity contribution in [2.45, 2.75) is 206 Å². The lowest BCUT2D eigenvalue weighted by Crippen LogP contribution is -2.68. The third-order valence-electron chi connectivity index (χ3n) is 9.91. The monoisotopic (exact) mass is 566 g/mol. The normalized spacial score (nSPS) is 14.3. The van der Waals surface area contributed by atoms with Gasteiger partial charge in [0.25, 0.3) is 0 Å². The molecule has 0 aromatic heterocycles. The number of hydrogen-bond acceptors (Lipinski definition) is 2. The summed E-state index contributed by atoms with van der Waals surface area (Å²) in [4.78, 5) is 12.4. The minimum atomic E-state index is -0.868. The third kappa shape index (κ3) is 19.5. The highest BCUT2D eigenvalue weighted by molar-refractivity contribution is 5.75. The molecule has 0 amide bonds. The third-order valence-corrected chi connectivity index (χ3v) is 9.91. The molecule has 0 bridgehead atoms. The molecule has 3 heteroatoms. The van der Waals surface area contributed by atoms with Crippen molar-refractivity contribution in [1.82, 2.24) is 0 Å². The van der Waals surface area contributed by atoms with Gasteiger partial charge in [-0.15, -0.1) is 0 Å². The van der Waals surface area contributed by atoms with Crippen molar-refractivity contribution in [3.05, 3.63) is 0 Å². The Morgan fingerprint density at radius 2 is 0.725 bits per heavy atom. The standard InChI is InChI=1S/C37H75NO2/c1-7-9-11-13-15-17-18-19-20-21-22-23-24-26-28-30-32-34-35(37(3,36(39)40)38(4,5)6)33-31-29-27-25-16-14-12-10-8-2/h35H,7-34H2,1-6H3. The Hall–Kier alpha value is -0.570. The zero-order valence-electron chi connectivity index (χ0n) is 28.6. The number of carboxylic acid groups (broad SMARTS) is 1. The molecular weight excluding hydrogens is 490 g/mol. The van der Waals surface area contributed by atoms with Crippen LogP contribution in [0.25, 0.3) is 0 Å². The average molecular weight is 566 g/mol. The molecule has 0 radical (unpaired) electrons. The molecule has 0 fully saturated rings. The first kappa shape index (κ1) is 39.4. The maximum absolute atomic E-state index is 12.4. The number of hydrogen-bond donors (Lipinski definition) is 0. The van der Waals surface area contributed by atoms with Crippen LogP contribution in [0.15, 0.2) is 0 Å². The van der Waals surface area contributed by atoms with E-state index in [-0.39, 0.29) is 5.92 Å². The minimum absolute atomic E-state index is 0.193. The fraction of sp³-hybridized carbons (Fsp3) is 0.973. The molecule has 240 valence electrons. The maximum atomic E-state index is 12.4. The summed E-state index contributed by atoms with van der Waals surface area (Å²) in [7, 11) is 6.11. The van der Waals surface area contributed by atoms with E-state index in [4.69, 9.17) is 0 Å². The molecule has 0 aromatic carbocycles. The van der Waals surface area contributed by atoms with Crippen molar-refractivity contribution in [2.24, 2.45) is 5.92 Å². The Balaban J connectivity index is 4.11. The van der Waals surface area contributed by atoms with Crippen LogP contribution >= 0.6 is 0 Å². The molecule has 0 aromatic rings. The second kappa shape index (κ2) is 26.1. The highest BCUT2D eigenvalue weighted by Crippen LogP contribution is 2.35. The van der Waals surface area contributed by atoms with E-state index >= 15 is 0 Å². The van der Waals surface area contributed by atoms with E-state index in [1.165, 1.54) is 154 Å². The first-order valence-corrected chi connectivity index (χ1v) is 18.2. The van der Waals surface area contributed by atoms with Crippen LogP contribution in [0, 0.1) is 5.92 Å². The first-order valence-electron chi connectivity index (χ1n) is 18.2. The predicted molar refractivity (Wildman–Crippen MR) is 176 cm³/mol. The van der Waals surface area contributed by atoms with E-state index in [1.807, 2.05) is 28.1 Å². The second-order valence-electron chi connectivity index (χ2n) is 14.2. The summed E-state index contributed by atoms with van der Waals surface area (Å²) >= 11 is 0. The number of carbonyl (C=O) groups is 1. The lowest BCUT2D eigenvalue weighted by molar-refractivity contribution is -0.918. The van der Waals surface area contributed by atoms with E-state index in [0.717, 1.165) is 25.7 Å². The van der Waals surface area contributed by atoms with Crippen molar-refractivity contribution in [3.63, 3.8) is 0 Å². The molecule has 0 rings (SSSR count). The number of rotatable bonds is 31. The molecule has 0 saturated carbocycles. The first-order chi connectivity index (χ1) is 19.2.